The second kappa shape index (κ2) is 25.4. The van der Waals surface area contributed by atoms with Gasteiger partial charge in [-0.3, -0.25) is 14.4 Å². The van der Waals surface area contributed by atoms with E-state index in [4.69, 9.17) is 18.9 Å². The number of hydrogen-bond acceptors (Lipinski definition) is 10. The van der Waals surface area contributed by atoms with Gasteiger partial charge in [0, 0.05) is 50.6 Å². The van der Waals surface area contributed by atoms with Crippen LogP contribution in [0.3, 0.4) is 0 Å². The number of unbranched alkanes of at least 4 members (excludes halogenated alkanes) is 9. The second-order valence-electron chi connectivity index (χ2n) is 20.0. The van der Waals surface area contributed by atoms with E-state index in [1.165, 1.54) is 25.7 Å². The number of carbonyl (C=O) groups is 4. The van der Waals surface area contributed by atoms with Crippen molar-refractivity contribution in [3.8, 4) is 0 Å². The van der Waals surface area contributed by atoms with Crippen LogP contribution in [0, 0.1) is 5.92 Å². The van der Waals surface area contributed by atoms with E-state index in [0.29, 0.717) is 70.8 Å². The number of benzene rings is 3. The number of ether oxygens (including phenoxy) is 4. The Morgan fingerprint density at radius 3 is 1.85 bits per heavy atom. The van der Waals surface area contributed by atoms with E-state index in [1.54, 1.807) is 0 Å². The summed E-state index contributed by atoms with van der Waals surface area (Å²) >= 11 is 0. The highest BCUT2D eigenvalue weighted by Gasteiger charge is 2.44. The molecule has 66 heavy (non-hydrogen) atoms. The average molecular weight is 908 g/mol. The van der Waals surface area contributed by atoms with Crippen LogP contribution in [0.5, 0.6) is 0 Å². The molecule has 3 aromatic carbocycles. The summed E-state index contributed by atoms with van der Waals surface area (Å²) in [4.78, 5) is 52.0. The number of nitrogens with one attached hydrogen (secondary N) is 3. The lowest BCUT2D eigenvalue weighted by molar-refractivity contribution is -0.171. The van der Waals surface area contributed by atoms with Gasteiger partial charge in [-0.2, -0.15) is 0 Å². The van der Waals surface area contributed by atoms with Crippen molar-refractivity contribution in [2.75, 3.05) is 19.6 Å². The second-order valence-corrected chi connectivity index (χ2v) is 20.0. The number of rotatable bonds is 22. The van der Waals surface area contributed by atoms with E-state index in [9.17, 15) is 19.2 Å². The molecule has 1 saturated carbocycles. The van der Waals surface area contributed by atoms with Gasteiger partial charge in [0.05, 0.1) is 5.92 Å². The van der Waals surface area contributed by atoms with E-state index in [0.717, 1.165) is 73.9 Å². The number of amides is 1. The Balaban J connectivity index is 0.976. The number of carbonyl (C=O) groups excluding carboxylic acids is 4. The van der Waals surface area contributed by atoms with Gasteiger partial charge < -0.3 is 34.9 Å². The molecule has 11 heteroatoms. The van der Waals surface area contributed by atoms with Gasteiger partial charge in [-0.1, -0.05) is 136 Å². The summed E-state index contributed by atoms with van der Waals surface area (Å²) in [5.41, 5.74) is 2.11. The van der Waals surface area contributed by atoms with Crippen molar-refractivity contribution in [1.82, 2.24) is 16.0 Å². The van der Waals surface area contributed by atoms with Gasteiger partial charge in [-0.15, -0.1) is 0 Å². The third kappa shape index (κ3) is 16.0. The van der Waals surface area contributed by atoms with Crippen LogP contribution in [0.4, 0.5) is 4.79 Å². The minimum absolute atomic E-state index is 0.0418. The summed E-state index contributed by atoms with van der Waals surface area (Å²) in [6.07, 6.45) is 16.5. The van der Waals surface area contributed by atoms with Crippen LogP contribution >= 0.6 is 0 Å². The molecule has 2 aliphatic heterocycles. The van der Waals surface area contributed by atoms with Crippen LogP contribution in [0.1, 0.15) is 177 Å². The van der Waals surface area contributed by atoms with Crippen molar-refractivity contribution >= 4 is 24.0 Å². The summed E-state index contributed by atoms with van der Waals surface area (Å²) < 4.78 is 24.0. The van der Waals surface area contributed by atoms with Crippen LogP contribution in [0.15, 0.2) is 84.9 Å². The first kappa shape index (κ1) is 50.7. The lowest BCUT2D eigenvalue weighted by Crippen LogP contribution is -2.46. The molecule has 0 bridgehead atoms. The molecule has 11 nitrogen and oxygen atoms in total. The maximum absolute atomic E-state index is 14.0. The topological polar surface area (TPSA) is 141 Å². The van der Waals surface area contributed by atoms with Gasteiger partial charge in [0.15, 0.2) is 0 Å². The van der Waals surface area contributed by atoms with Gasteiger partial charge in [-0.05, 0) is 101 Å². The first-order valence-electron chi connectivity index (χ1n) is 25.2. The molecule has 2 saturated heterocycles. The van der Waals surface area contributed by atoms with Crippen LogP contribution in [-0.2, 0) is 51.1 Å². The van der Waals surface area contributed by atoms with E-state index in [1.807, 2.05) is 69.3 Å². The summed E-state index contributed by atoms with van der Waals surface area (Å²) in [7, 11) is 0. The Bertz CT molecular complexity index is 1950. The highest BCUT2D eigenvalue weighted by atomic mass is 16.6. The molecule has 3 aromatic rings. The Morgan fingerprint density at radius 1 is 0.636 bits per heavy atom. The molecule has 6 rings (SSSR count). The molecule has 0 aromatic heterocycles. The minimum atomic E-state index is -0.761. The fraction of sp³-hybridized carbons (Fsp3) is 0.600. The van der Waals surface area contributed by atoms with Crippen molar-refractivity contribution in [2.24, 2.45) is 5.92 Å². The molecular weight excluding hydrogens is 831 g/mol. The summed E-state index contributed by atoms with van der Waals surface area (Å²) in [6, 6.07) is 28.2. The quantitative estimate of drug-likeness (QED) is 0.0507. The number of piperidine rings is 2. The predicted octanol–water partition coefficient (Wildman–Crippen LogP) is 11.2. The minimum Gasteiger partial charge on any atom is -0.460 e. The first-order chi connectivity index (χ1) is 31.9. The molecule has 3 N–H and O–H groups in total. The molecule has 1 amide bonds. The maximum atomic E-state index is 14.0. The fourth-order valence-corrected chi connectivity index (χ4v) is 9.96. The SMILES string of the molecule is CC(C)(C)OC(=O)CCCCCCCCCCCCC(=O)OC1(c2ccccc2)CCNC(c2cccc(C3(OC(=O)C4CCC(NC(=O)OCc5ccccc5)CC4)CCNCC3)c2)C1. The van der Waals surface area contributed by atoms with Gasteiger partial charge in [0.25, 0.3) is 0 Å². The lowest BCUT2D eigenvalue weighted by atomic mass is 9.78. The normalized spacial score (nSPS) is 21.8. The average Bonchev–Trinajstić information content (AvgIpc) is 3.32. The Kier molecular flexibility index (Phi) is 19.5. The number of hydrogen-bond donors (Lipinski definition) is 3. The third-order valence-corrected chi connectivity index (χ3v) is 13.6. The van der Waals surface area contributed by atoms with Gasteiger partial charge in [-0.25, -0.2) is 4.79 Å². The molecule has 360 valence electrons. The lowest BCUT2D eigenvalue weighted by Gasteiger charge is -2.42. The third-order valence-electron chi connectivity index (χ3n) is 13.6. The zero-order valence-corrected chi connectivity index (χ0v) is 40.1. The summed E-state index contributed by atoms with van der Waals surface area (Å²) in [5.74, 6) is -0.648. The van der Waals surface area contributed by atoms with Crippen molar-refractivity contribution in [3.63, 3.8) is 0 Å². The van der Waals surface area contributed by atoms with E-state index < -0.39 is 22.9 Å². The maximum Gasteiger partial charge on any atom is 0.407 e. The molecule has 3 fully saturated rings. The van der Waals surface area contributed by atoms with Crippen molar-refractivity contribution in [3.05, 3.63) is 107 Å². The monoisotopic (exact) mass is 908 g/mol. The molecule has 0 spiro atoms. The molecule has 2 heterocycles. The molecule has 3 aliphatic rings. The van der Waals surface area contributed by atoms with Gasteiger partial charge >= 0.3 is 24.0 Å². The Morgan fingerprint density at radius 2 is 1.21 bits per heavy atom. The van der Waals surface area contributed by atoms with Crippen LogP contribution in [0.25, 0.3) is 0 Å². The fourth-order valence-electron chi connectivity index (χ4n) is 9.96. The summed E-state index contributed by atoms with van der Waals surface area (Å²) in [5, 5.41) is 10.2. The smallest absolute Gasteiger partial charge is 0.407 e. The zero-order chi connectivity index (χ0) is 46.7. The van der Waals surface area contributed by atoms with Gasteiger partial charge in [0.1, 0.15) is 23.4 Å². The van der Waals surface area contributed by atoms with Crippen molar-refractivity contribution in [1.29, 1.82) is 0 Å². The largest absolute Gasteiger partial charge is 0.460 e. The van der Waals surface area contributed by atoms with Crippen LogP contribution in [0.2, 0.25) is 0 Å². The first-order valence-corrected chi connectivity index (χ1v) is 25.2. The van der Waals surface area contributed by atoms with Crippen molar-refractivity contribution in [2.45, 2.75) is 185 Å². The standard InChI is InChI=1S/C55H77N3O8/c1-53(2,3)64-49(59)27-18-10-8-6-4-5-7-9-11-19-28-50(60)65-55(45-24-16-13-17-25-45)35-38-57-48(40-55)44-23-20-26-46(39-44)54(33-36-56-37-34-54)66-51(61)43-29-31-47(32-30-43)58-52(62)63-41-42-21-14-12-15-22-42/h12-17,20-26,39,43,47-48,56-57H,4-11,18-19,27-38,40-41H2,1-3H3,(H,58,62). The molecule has 2 atom stereocenters. The highest BCUT2D eigenvalue weighted by Crippen LogP contribution is 2.44. The van der Waals surface area contributed by atoms with E-state index in [-0.39, 0.29) is 42.5 Å². The zero-order valence-electron chi connectivity index (χ0n) is 40.1. The molecular formula is C55H77N3O8. The van der Waals surface area contributed by atoms with E-state index in [2.05, 4.69) is 52.3 Å². The predicted molar refractivity (Wildman–Crippen MR) is 257 cm³/mol. The van der Waals surface area contributed by atoms with Crippen LogP contribution < -0.4 is 16.0 Å². The highest BCUT2D eigenvalue weighted by molar-refractivity contribution is 5.74. The molecule has 2 unspecified atom stereocenters. The number of alkyl carbamates (subject to hydrolysis) is 1. The van der Waals surface area contributed by atoms with E-state index >= 15 is 0 Å². The van der Waals surface area contributed by atoms with Crippen molar-refractivity contribution < 1.29 is 38.1 Å². The van der Waals surface area contributed by atoms with Gasteiger partial charge in [0.2, 0.25) is 0 Å². The molecule has 1 aliphatic carbocycles. The summed E-state index contributed by atoms with van der Waals surface area (Å²) in [6.45, 7) is 8.11. The number of esters is 3. The Labute approximate surface area is 394 Å². The Hall–Kier alpha value is -4.74. The van der Waals surface area contributed by atoms with Crippen LogP contribution in [-0.4, -0.2) is 55.3 Å². The molecule has 0 radical (unpaired) electrons.